The van der Waals surface area contributed by atoms with Gasteiger partial charge < -0.3 is 16.4 Å². The number of sulfonamides is 1. The van der Waals surface area contributed by atoms with Crippen molar-refractivity contribution < 1.29 is 18.0 Å². The highest BCUT2D eigenvalue weighted by Gasteiger charge is 2.19. The molecule has 1 rings (SSSR count). The van der Waals surface area contributed by atoms with E-state index < -0.39 is 15.9 Å². The van der Waals surface area contributed by atoms with Crippen LogP contribution in [0.4, 0.5) is 5.69 Å². The number of nitrogens with two attached hydrogens (primary N) is 1. The van der Waals surface area contributed by atoms with Crippen molar-refractivity contribution in [2.45, 2.75) is 6.92 Å². The maximum atomic E-state index is 12.0. The van der Waals surface area contributed by atoms with Crippen LogP contribution in [0.5, 0.6) is 0 Å². The Morgan fingerprint density at radius 3 is 2.52 bits per heavy atom. The lowest BCUT2D eigenvalue weighted by Crippen LogP contribution is -2.36. The van der Waals surface area contributed by atoms with Crippen LogP contribution in [-0.4, -0.2) is 57.0 Å². The maximum absolute atomic E-state index is 12.0. The number of hydrogen-bond acceptors (Lipinski definition) is 5. The van der Waals surface area contributed by atoms with E-state index >= 15 is 0 Å². The number of benzene rings is 1. The van der Waals surface area contributed by atoms with Crippen molar-refractivity contribution in [3.05, 3.63) is 29.8 Å². The zero-order valence-corrected chi connectivity index (χ0v) is 14.0. The van der Waals surface area contributed by atoms with Gasteiger partial charge in [0.05, 0.1) is 23.5 Å². The van der Waals surface area contributed by atoms with Gasteiger partial charge in [-0.2, -0.15) is 4.31 Å². The molecule has 0 bridgehead atoms. The summed E-state index contributed by atoms with van der Waals surface area (Å²) < 4.78 is 24.3. The van der Waals surface area contributed by atoms with Crippen molar-refractivity contribution in [2.24, 2.45) is 5.73 Å². The van der Waals surface area contributed by atoms with Crippen molar-refractivity contribution in [3.63, 3.8) is 0 Å². The first-order valence-electron chi connectivity index (χ1n) is 7.13. The van der Waals surface area contributed by atoms with E-state index in [0.717, 1.165) is 4.31 Å². The molecule has 0 saturated heterocycles. The predicted molar refractivity (Wildman–Crippen MR) is 88.6 cm³/mol. The molecule has 0 saturated carbocycles. The quantitative estimate of drug-likeness (QED) is 0.593. The van der Waals surface area contributed by atoms with Crippen molar-refractivity contribution in [1.82, 2.24) is 9.62 Å². The maximum Gasteiger partial charge on any atom is 0.253 e. The smallest absolute Gasteiger partial charge is 0.253 e. The summed E-state index contributed by atoms with van der Waals surface area (Å²) >= 11 is 0. The SMILES string of the molecule is CCS(=O)(=O)N(C)CC(=O)Nc1ccccc1C(=O)NCCN. The number of nitrogens with zero attached hydrogens (tertiary/aromatic N) is 1. The van der Waals surface area contributed by atoms with Gasteiger partial charge in [-0.1, -0.05) is 12.1 Å². The zero-order valence-electron chi connectivity index (χ0n) is 13.2. The average molecular weight is 342 g/mol. The van der Waals surface area contributed by atoms with E-state index in [0.29, 0.717) is 18.8 Å². The predicted octanol–water partition coefficient (Wildman–Crippen LogP) is -0.405. The normalized spacial score (nSPS) is 11.3. The summed E-state index contributed by atoms with van der Waals surface area (Å²) in [5.74, 6) is -0.973. The Hall–Kier alpha value is -1.97. The van der Waals surface area contributed by atoms with E-state index in [1.54, 1.807) is 24.3 Å². The van der Waals surface area contributed by atoms with Gasteiger partial charge >= 0.3 is 0 Å². The van der Waals surface area contributed by atoms with Crippen molar-refractivity contribution >= 4 is 27.5 Å². The summed E-state index contributed by atoms with van der Waals surface area (Å²) in [5.41, 5.74) is 5.94. The molecule has 9 heteroatoms. The number of para-hydroxylation sites is 1. The highest BCUT2D eigenvalue weighted by molar-refractivity contribution is 7.89. The van der Waals surface area contributed by atoms with E-state index in [1.807, 2.05) is 0 Å². The average Bonchev–Trinajstić information content (AvgIpc) is 2.52. The molecule has 1 aromatic rings. The molecule has 0 spiro atoms. The molecule has 0 atom stereocenters. The minimum atomic E-state index is -3.44. The van der Waals surface area contributed by atoms with Gasteiger partial charge in [0.1, 0.15) is 0 Å². The fourth-order valence-electron chi connectivity index (χ4n) is 1.78. The first-order chi connectivity index (χ1) is 10.8. The van der Waals surface area contributed by atoms with Gasteiger partial charge in [-0.3, -0.25) is 9.59 Å². The van der Waals surface area contributed by atoms with Gasteiger partial charge in [0, 0.05) is 20.1 Å². The monoisotopic (exact) mass is 342 g/mol. The molecule has 2 amide bonds. The molecule has 23 heavy (non-hydrogen) atoms. The Balaban J connectivity index is 2.81. The summed E-state index contributed by atoms with van der Waals surface area (Å²) in [6, 6.07) is 6.47. The van der Waals surface area contributed by atoms with Gasteiger partial charge in [-0.25, -0.2) is 8.42 Å². The summed E-state index contributed by atoms with van der Waals surface area (Å²) in [6.07, 6.45) is 0. The molecule has 0 radical (unpaired) electrons. The molecule has 1 aromatic carbocycles. The minimum absolute atomic E-state index is 0.0884. The third-order valence-corrected chi connectivity index (χ3v) is 4.89. The Morgan fingerprint density at radius 1 is 1.26 bits per heavy atom. The highest BCUT2D eigenvalue weighted by atomic mass is 32.2. The first kappa shape index (κ1) is 19.1. The van der Waals surface area contributed by atoms with E-state index in [9.17, 15) is 18.0 Å². The zero-order chi connectivity index (χ0) is 17.5. The van der Waals surface area contributed by atoms with Crippen LogP contribution < -0.4 is 16.4 Å². The number of amides is 2. The van der Waals surface area contributed by atoms with Crippen LogP contribution >= 0.6 is 0 Å². The fourth-order valence-corrected chi connectivity index (χ4v) is 2.54. The summed E-state index contributed by atoms with van der Waals surface area (Å²) in [4.78, 5) is 24.0. The van der Waals surface area contributed by atoms with Gasteiger partial charge in [-0.05, 0) is 19.1 Å². The van der Waals surface area contributed by atoms with Crippen LogP contribution in [0.3, 0.4) is 0 Å². The number of rotatable bonds is 8. The van der Waals surface area contributed by atoms with Crippen molar-refractivity contribution in [1.29, 1.82) is 0 Å². The Bertz CT molecular complexity index is 660. The highest BCUT2D eigenvalue weighted by Crippen LogP contribution is 2.15. The lowest BCUT2D eigenvalue weighted by Gasteiger charge is -2.16. The molecule has 4 N–H and O–H groups in total. The number of hydrogen-bond donors (Lipinski definition) is 3. The van der Waals surface area contributed by atoms with Gasteiger partial charge in [-0.15, -0.1) is 0 Å². The molecule has 0 aliphatic carbocycles. The first-order valence-corrected chi connectivity index (χ1v) is 8.74. The Kier molecular flexibility index (Phi) is 7.14. The summed E-state index contributed by atoms with van der Waals surface area (Å²) in [7, 11) is -2.11. The van der Waals surface area contributed by atoms with Crippen LogP contribution in [0.1, 0.15) is 17.3 Å². The fraction of sp³-hybridized carbons (Fsp3) is 0.429. The third-order valence-electron chi connectivity index (χ3n) is 3.08. The van der Waals surface area contributed by atoms with Crippen LogP contribution in [0.15, 0.2) is 24.3 Å². The second-order valence-corrected chi connectivity index (χ2v) is 7.16. The molecule has 0 heterocycles. The standard InChI is InChI=1S/C14H22N4O4S/c1-3-23(21,22)18(2)10-13(19)17-12-7-5-4-6-11(12)14(20)16-9-8-15/h4-7H,3,8-10,15H2,1-2H3,(H,16,20)(H,17,19). The van der Waals surface area contributed by atoms with Crippen molar-refractivity contribution in [2.75, 3.05) is 37.8 Å². The van der Waals surface area contributed by atoms with Gasteiger partial charge in [0.25, 0.3) is 5.91 Å². The molecule has 0 unspecified atom stereocenters. The third kappa shape index (κ3) is 5.62. The van der Waals surface area contributed by atoms with Gasteiger partial charge in [0.15, 0.2) is 0 Å². The van der Waals surface area contributed by atoms with Crippen LogP contribution in [0.2, 0.25) is 0 Å². The molecule has 0 aliphatic rings. The Morgan fingerprint density at radius 2 is 1.91 bits per heavy atom. The van der Waals surface area contributed by atoms with Crippen molar-refractivity contribution in [3.8, 4) is 0 Å². The molecule has 0 fully saturated rings. The number of anilines is 1. The number of carbonyl (C=O) groups is 2. The number of nitrogens with one attached hydrogen (secondary N) is 2. The van der Waals surface area contributed by atoms with E-state index in [2.05, 4.69) is 10.6 Å². The minimum Gasteiger partial charge on any atom is -0.351 e. The molecular weight excluding hydrogens is 320 g/mol. The second-order valence-electron chi connectivity index (χ2n) is 4.79. The number of likely N-dealkylation sites (N-methyl/N-ethyl adjacent to an activating group) is 1. The second kappa shape index (κ2) is 8.61. The molecule has 128 valence electrons. The van der Waals surface area contributed by atoms with Gasteiger partial charge in [0.2, 0.25) is 15.9 Å². The largest absolute Gasteiger partial charge is 0.351 e. The topological polar surface area (TPSA) is 122 Å². The Labute approximate surface area is 136 Å². The van der Waals surface area contributed by atoms with Crippen LogP contribution in [0.25, 0.3) is 0 Å². The van der Waals surface area contributed by atoms with E-state index in [1.165, 1.54) is 14.0 Å². The lowest BCUT2D eigenvalue weighted by molar-refractivity contribution is -0.116. The van der Waals surface area contributed by atoms with E-state index in [-0.39, 0.29) is 23.8 Å². The number of carbonyl (C=O) groups excluding carboxylic acids is 2. The molecule has 8 nitrogen and oxygen atoms in total. The molecule has 0 aromatic heterocycles. The van der Waals surface area contributed by atoms with Crippen LogP contribution in [-0.2, 0) is 14.8 Å². The lowest BCUT2D eigenvalue weighted by atomic mass is 10.1. The summed E-state index contributed by atoms with van der Waals surface area (Å²) in [5, 5.41) is 5.17. The molecular formula is C14H22N4O4S. The van der Waals surface area contributed by atoms with E-state index in [4.69, 9.17) is 5.73 Å². The molecule has 0 aliphatic heterocycles. The summed E-state index contributed by atoms with van der Waals surface area (Å²) in [6.45, 7) is 1.80. The van der Waals surface area contributed by atoms with Crippen LogP contribution in [0, 0.1) is 0 Å².